The van der Waals surface area contributed by atoms with Crippen LogP contribution in [0.5, 0.6) is 0 Å². The quantitative estimate of drug-likeness (QED) is 0.263. The maximum Gasteiger partial charge on any atom is 0.337 e. The molecule has 10 heteroatoms. The van der Waals surface area contributed by atoms with Crippen molar-refractivity contribution in [3.8, 4) is 0 Å². The van der Waals surface area contributed by atoms with Gasteiger partial charge in [0.25, 0.3) is 11.8 Å². The van der Waals surface area contributed by atoms with E-state index in [1.165, 1.54) is 18.3 Å². The molecule has 2 aliphatic heterocycles. The Morgan fingerprint density at radius 3 is 2.31 bits per heavy atom. The van der Waals surface area contributed by atoms with Crippen molar-refractivity contribution in [2.24, 2.45) is 10.8 Å². The van der Waals surface area contributed by atoms with Gasteiger partial charge in [-0.15, -0.1) is 0 Å². The molecule has 0 saturated carbocycles. The molecule has 1 atom stereocenters. The van der Waals surface area contributed by atoms with E-state index in [1.54, 1.807) is 36.4 Å². The summed E-state index contributed by atoms with van der Waals surface area (Å²) >= 11 is 0. The van der Waals surface area contributed by atoms with Crippen LogP contribution in [-0.2, 0) is 14.6 Å². The van der Waals surface area contributed by atoms with Crippen molar-refractivity contribution in [2.45, 2.75) is 33.6 Å². The zero-order chi connectivity index (χ0) is 32.4. The number of rotatable bonds is 8. The summed E-state index contributed by atoms with van der Waals surface area (Å²) in [6, 6.07) is 14.4. The van der Waals surface area contributed by atoms with Crippen LogP contribution >= 0.6 is 0 Å². The highest BCUT2D eigenvalue weighted by Gasteiger charge is 2.46. The minimum absolute atomic E-state index is 0.104. The van der Waals surface area contributed by atoms with Crippen molar-refractivity contribution in [2.75, 3.05) is 57.9 Å². The van der Waals surface area contributed by atoms with Gasteiger partial charge in [0, 0.05) is 54.7 Å². The molecule has 2 heterocycles. The minimum Gasteiger partial charge on any atom is -0.465 e. The zero-order valence-corrected chi connectivity index (χ0v) is 27.4. The Balaban J connectivity index is 1.21. The van der Waals surface area contributed by atoms with Crippen LogP contribution in [0.2, 0.25) is 0 Å². The number of esters is 1. The van der Waals surface area contributed by atoms with Crippen molar-refractivity contribution < 1.29 is 27.5 Å². The number of sulfone groups is 1. The van der Waals surface area contributed by atoms with Crippen molar-refractivity contribution in [1.29, 1.82) is 0 Å². The van der Waals surface area contributed by atoms with Gasteiger partial charge in [-0.1, -0.05) is 56.7 Å². The van der Waals surface area contributed by atoms with E-state index in [0.717, 1.165) is 24.9 Å². The van der Waals surface area contributed by atoms with E-state index >= 15 is 0 Å². The first-order valence-corrected chi connectivity index (χ1v) is 17.4. The second-order valence-corrected chi connectivity index (χ2v) is 15.4. The monoisotopic (exact) mass is 633 g/mol. The lowest BCUT2D eigenvalue weighted by atomic mass is 9.58. The smallest absolute Gasteiger partial charge is 0.337 e. The van der Waals surface area contributed by atoms with E-state index in [4.69, 9.17) is 4.74 Å². The Morgan fingerprint density at radius 1 is 0.933 bits per heavy atom. The Labute approximate surface area is 266 Å². The first-order valence-electron chi connectivity index (χ1n) is 15.5. The van der Waals surface area contributed by atoms with E-state index in [9.17, 15) is 22.8 Å². The topological polar surface area (TPSA) is 113 Å². The second-order valence-electron chi connectivity index (χ2n) is 13.1. The third-order valence-corrected chi connectivity index (χ3v) is 11.1. The van der Waals surface area contributed by atoms with Gasteiger partial charge in [-0.05, 0) is 60.9 Å². The summed E-state index contributed by atoms with van der Waals surface area (Å²) in [6.07, 6.45) is 5.94. The van der Waals surface area contributed by atoms with Gasteiger partial charge < -0.3 is 19.9 Å². The number of carbonyl (C=O) groups is 3. The van der Waals surface area contributed by atoms with Gasteiger partial charge >= 0.3 is 5.97 Å². The molecule has 0 radical (unpaired) electrons. The summed E-state index contributed by atoms with van der Waals surface area (Å²) in [4.78, 5) is 42.5. The molecular weight excluding hydrogens is 590 g/mol. The van der Waals surface area contributed by atoms with Crippen molar-refractivity contribution in [3.05, 3.63) is 88.5 Å². The van der Waals surface area contributed by atoms with Gasteiger partial charge in [-0.2, -0.15) is 0 Å². The number of amides is 2. The summed E-state index contributed by atoms with van der Waals surface area (Å²) in [5.41, 5.74) is 4.49. The van der Waals surface area contributed by atoms with E-state index in [0.29, 0.717) is 49.4 Å². The maximum absolute atomic E-state index is 13.7. The summed E-state index contributed by atoms with van der Waals surface area (Å²) in [5, 5.41) is 2.93. The minimum atomic E-state index is -2.91. The highest BCUT2D eigenvalue weighted by Crippen LogP contribution is 2.55. The predicted octanol–water partition coefficient (Wildman–Crippen LogP) is 4.23. The fraction of sp³-hybridized carbons (Fsp3) is 0.457. The molecule has 0 unspecified atom stereocenters. The van der Waals surface area contributed by atoms with E-state index < -0.39 is 9.84 Å². The van der Waals surface area contributed by atoms with Crippen LogP contribution in [-0.4, -0.2) is 93.9 Å². The van der Waals surface area contributed by atoms with Crippen LogP contribution in [0, 0.1) is 10.8 Å². The molecule has 9 nitrogen and oxygen atoms in total. The number of carbonyl (C=O) groups excluding carboxylic acids is 3. The molecule has 1 N–H and O–H groups in total. The maximum atomic E-state index is 13.7. The van der Waals surface area contributed by atoms with Crippen molar-refractivity contribution in [1.82, 2.24) is 15.1 Å². The third-order valence-electron chi connectivity index (χ3n) is 9.46. The number of ether oxygens (including phenoxy) is 1. The number of benzene rings is 2. The molecule has 0 aromatic heterocycles. The van der Waals surface area contributed by atoms with Crippen molar-refractivity contribution in [3.63, 3.8) is 0 Å². The molecule has 0 spiro atoms. The third kappa shape index (κ3) is 7.07. The number of allylic oxidation sites excluding steroid dienone is 2. The number of nitrogens with zero attached hydrogens (tertiary/aromatic N) is 2. The Kier molecular flexibility index (Phi) is 9.37. The number of methoxy groups -OCH3 is 1. The normalized spacial score (nSPS) is 22.4. The summed E-state index contributed by atoms with van der Waals surface area (Å²) in [6.45, 7) is 9.96. The molecule has 45 heavy (non-hydrogen) atoms. The van der Waals surface area contributed by atoms with Crippen LogP contribution in [0.4, 0.5) is 0 Å². The Morgan fingerprint density at radius 2 is 1.62 bits per heavy atom. The molecule has 1 aliphatic carbocycles. The van der Waals surface area contributed by atoms with Crippen LogP contribution in [0.1, 0.15) is 70.3 Å². The number of hydrogen-bond acceptors (Lipinski definition) is 7. The standard InChI is InChI=1S/C35H43N3O6S/c1-34(2)29(25-9-11-26(12-10-25)33(41)44-4)13-15-35(3)24-38(18-14-30(34)35)32(40)28-8-5-7-27(23-28)31(39)36-16-6-17-37-19-21-45(42,43)22-20-37/h5,7-14,23H,6,15-22,24H2,1-4H3,(H,36,39)/t35-/m1/s1. The Hall–Kier alpha value is -3.76. The zero-order valence-electron chi connectivity index (χ0n) is 26.6. The highest BCUT2D eigenvalue weighted by molar-refractivity contribution is 7.91. The van der Waals surface area contributed by atoms with Crippen molar-refractivity contribution >= 4 is 33.2 Å². The molecule has 1 saturated heterocycles. The van der Waals surface area contributed by atoms with Crippen LogP contribution < -0.4 is 5.32 Å². The van der Waals surface area contributed by atoms with E-state index in [-0.39, 0.29) is 40.1 Å². The van der Waals surface area contributed by atoms with Gasteiger partial charge in [0.05, 0.1) is 24.2 Å². The average molecular weight is 634 g/mol. The number of fused-ring (bicyclic) bond motifs is 1. The van der Waals surface area contributed by atoms with Crippen LogP contribution in [0.25, 0.3) is 5.57 Å². The first kappa shape index (κ1) is 32.6. The number of hydrogen-bond donors (Lipinski definition) is 1. The van der Waals surface area contributed by atoms with E-state index in [1.807, 2.05) is 17.0 Å². The van der Waals surface area contributed by atoms with Gasteiger partial charge in [-0.25, -0.2) is 13.2 Å². The molecule has 5 rings (SSSR count). The fourth-order valence-corrected chi connectivity index (χ4v) is 8.30. The SMILES string of the molecule is COC(=O)c1ccc(C2=CC[C@]3(C)CN(C(=O)c4cccc(C(=O)NCCCN5CCS(=O)(=O)CC5)c4)CC=C3C2(C)C)cc1. The second kappa shape index (κ2) is 12.9. The van der Waals surface area contributed by atoms with Gasteiger partial charge in [-0.3, -0.25) is 9.59 Å². The molecule has 2 aromatic carbocycles. The van der Waals surface area contributed by atoms with E-state index in [2.05, 4.69) is 43.1 Å². The summed E-state index contributed by atoms with van der Waals surface area (Å²) in [7, 11) is -1.53. The molecule has 240 valence electrons. The highest BCUT2D eigenvalue weighted by atomic mass is 32.2. The summed E-state index contributed by atoms with van der Waals surface area (Å²) < 4.78 is 28.1. The predicted molar refractivity (Wildman–Crippen MR) is 175 cm³/mol. The Bertz CT molecular complexity index is 1630. The largest absolute Gasteiger partial charge is 0.465 e. The molecule has 2 amide bonds. The molecule has 0 bridgehead atoms. The molecule has 2 aromatic rings. The van der Waals surface area contributed by atoms with Crippen LogP contribution in [0.15, 0.2) is 66.3 Å². The fourth-order valence-electron chi connectivity index (χ4n) is 7.02. The lowest BCUT2D eigenvalue weighted by Crippen LogP contribution is -2.48. The first-order chi connectivity index (χ1) is 21.3. The van der Waals surface area contributed by atoms with Gasteiger partial charge in [0.1, 0.15) is 0 Å². The molecule has 1 fully saturated rings. The van der Waals surface area contributed by atoms with Crippen LogP contribution in [0.3, 0.4) is 0 Å². The summed E-state index contributed by atoms with van der Waals surface area (Å²) in [5.74, 6) is -0.311. The van der Waals surface area contributed by atoms with Gasteiger partial charge in [0.15, 0.2) is 9.84 Å². The lowest BCUT2D eigenvalue weighted by molar-refractivity contribution is 0.0600. The molecular formula is C35H43N3O6S. The molecule has 3 aliphatic rings. The number of nitrogens with one attached hydrogen (secondary N) is 1. The lowest BCUT2D eigenvalue weighted by Gasteiger charge is -2.50. The average Bonchev–Trinajstić information content (AvgIpc) is 3.02. The van der Waals surface area contributed by atoms with Gasteiger partial charge in [0.2, 0.25) is 0 Å².